The smallest absolute Gasteiger partial charge is 0.410 e. The van der Waals surface area contributed by atoms with Gasteiger partial charge in [0.15, 0.2) is 0 Å². The van der Waals surface area contributed by atoms with Crippen molar-refractivity contribution in [3.8, 4) is 0 Å². The van der Waals surface area contributed by atoms with Gasteiger partial charge >= 0.3 is 12.1 Å². The van der Waals surface area contributed by atoms with Crippen molar-refractivity contribution in [1.29, 1.82) is 0 Å². The number of piperidine rings is 1. The molecule has 1 atom stereocenters. The van der Waals surface area contributed by atoms with E-state index in [4.69, 9.17) is 4.74 Å². The molecule has 1 saturated heterocycles. The summed E-state index contributed by atoms with van der Waals surface area (Å²) in [6.45, 7) is 10.0. The standard InChI is InChI=1S/C23H34N2O5/c1-16(2)15-18(19(26)27)24-20(28)23(17-9-7-6-8-10-17)11-13-25(14-12-23)21(29)30-22(3,4)5/h6-10,16,18H,11-15H2,1-5H3,(H,24,28)(H,26,27)/t18-/m0/s1. The second kappa shape index (κ2) is 9.49. The van der Waals surface area contributed by atoms with E-state index >= 15 is 0 Å². The van der Waals surface area contributed by atoms with Crippen LogP contribution >= 0.6 is 0 Å². The van der Waals surface area contributed by atoms with Gasteiger partial charge in [-0.2, -0.15) is 0 Å². The molecule has 2 rings (SSSR count). The molecule has 0 aliphatic carbocycles. The van der Waals surface area contributed by atoms with Crippen molar-refractivity contribution in [3.63, 3.8) is 0 Å². The molecule has 0 saturated carbocycles. The van der Waals surface area contributed by atoms with Crippen LogP contribution in [0.2, 0.25) is 0 Å². The molecule has 0 aromatic heterocycles. The van der Waals surface area contributed by atoms with Gasteiger partial charge in [-0.1, -0.05) is 44.2 Å². The Bertz CT molecular complexity index is 747. The lowest BCUT2D eigenvalue weighted by Gasteiger charge is -2.41. The minimum absolute atomic E-state index is 0.132. The number of carbonyl (C=O) groups is 3. The molecule has 1 aliphatic rings. The molecular formula is C23H34N2O5. The van der Waals surface area contributed by atoms with Crippen molar-refractivity contribution in [2.75, 3.05) is 13.1 Å². The second-order valence-electron chi connectivity index (χ2n) is 9.41. The van der Waals surface area contributed by atoms with Gasteiger partial charge in [0.25, 0.3) is 0 Å². The lowest BCUT2D eigenvalue weighted by atomic mass is 9.71. The fraction of sp³-hybridized carbons (Fsp3) is 0.609. The number of nitrogens with zero attached hydrogens (tertiary/aromatic N) is 1. The summed E-state index contributed by atoms with van der Waals surface area (Å²) in [6.07, 6.45) is 0.759. The third kappa shape index (κ3) is 5.97. The van der Waals surface area contributed by atoms with Crippen LogP contribution < -0.4 is 5.32 Å². The Morgan fingerprint density at radius 3 is 2.17 bits per heavy atom. The maximum atomic E-state index is 13.4. The first-order valence-electron chi connectivity index (χ1n) is 10.5. The average Bonchev–Trinajstić information content (AvgIpc) is 2.66. The summed E-state index contributed by atoms with van der Waals surface area (Å²) in [4.78, 5) is 39.2. The number of carbonyl (C=O) groups excluding carboxylic acids is 2. The predicted octanol–water partition coefficient (Wildman–Crippen LogP) is 3.57. The van der Waals surface area contributed by atoms with E-state index < -0.39 is 29.1 Å². The Morgan fingerprint density at radius 1 is 1.13 bits per heavy atom. The summed E-state index contributed by atoms with van der Waals surface area (Å²) in [5, 5.41) is 12.3. The molecule has 0 spiro atoms. The van der Waals surface area contributed by atoms with E-state index in [1.807, 2.05) is 65.0 Å². The highest BCUT2D eigenvalue weighted by molar-refractivity contribution is 5.92. The van der Waals surface area contributed by atoms with Crippen LogP contribution in [-0.4, -0.2) is 52.7 Å². The predicted molar refractivity (Wildman–Crippen MR) is 114 cm³/mol. The van der Waals surface area contributed by atoms with Crippen molar-refractivity contribution in [2.45, 2.75) is 70.9 Å². The maximum absolute atomic E-state index is 13.4. The molecule has 0 radical (unpaired) electrons. The zero-order valence-corrected chi connectivity index (χ0v) is 18.6. The first kappa shape index (κ1) is 23.7. The fourth-order valence-electron chi connectivity index (χ4n) is 3.79. The number of aliphatic carboxylic acids is 1. The Kier molecular flexibility index (Phi) is 7.50. The van der Waals surface area contributed by atoms with Gasteiger partial charge in [0.1, 0.15) is 11.6 Å². The number of likely N-dealkylation sites (tertiary alicyclic amines) is 1. The normalized spacial score (nSPS) is 17.3. The van der Waals surface area contributed by atoms with E-state index in [1.54, 1.807) is 4.90 Å². The van der Waals surface area contributed by atoms with E-state index in [2.05, 4.69) is 5.32 Å². The minimum Gasteiger partial charge on any atom is -0.480 e. The average molecular weight is 419 g/mol. The van der Waals surface area contributed by atoms with Gasteiger partial charge < -0.3 is 20.1 Å². The molecule has 2 N–H and O–H groups in total. The van der Waals surface area contributed by atoms with E-state index in [9.17, 15) is 19.5 Å². The summed E-state index contributed by atoms with van der Waals surface area (Å²) in [6, 6.07) is 8.45. The van der Waals surface area contributed by atoms with E-state index in [-0.39, 0.29) is 11.8 Å². The summed E-state index contributed by atoms with van der Waals surface area (Å²) in [5.74, 6) is -1.20. The lowest BCUT2D eigenvalue weighted by molar-refractivity contribution is -0.143. The van der Waals surface area contributed by atoms with Crippen LogP contribution in [0.3, 0.4) is 0 Å². The topological polar surface area (TPSA) is 95.9 Å². The van der Waals surface area contributed by atoms with Gasteiger partial charge in [-0.05, 0) is 51.5 Å². The molecule has 1 aromatic carbocycles. The molecule has 1 fully saturated rings. The molecular weight excluding hydrogens is 384 g/mol. The molecule has 0 bridgehead atoms. The number of hydrogen-bond donors (Lipinski definition) is 2. The van der Waals surface area contributed by atoms with Crippen molar-refractivity contribution in [3.05, 3.63) is 35.9 Å². The van der Waals surface area contributed by atoms with Crippen LogP contribution in [0, 0.1) is 5.92 Å². The van der Waals surface area contributed by atoms with E-state index in [1.165, 1.54) is 0 Å². The molecule has 1 aromatic rings. The minimum atomic E-state index is -1.04. The molecule has 1 aliphatic heterocycles. The second-order valence-corrected chi connectivity index (χ2v) is 9.41. The van der Waals surface area contributed by atoms with Crippen LogP contribution in [0.15, 0.2) is 30.3 Å². The Hall–Kier alpha value is -2.57. The summed E-state index contributed by atoms with van der Waals surface area (Å²) in [7, 11) is 0. The number of amides is 2. The van der Waals surface area contributed by atoms with Crippen LogP contribution in [0.25, 0.3) is 0 Å². The molecule has 30 heavy (non-hydrogen) atoms. The molecule has 7 heteroatoms. The number of benzene rings is 1. The van der Waals surface area contributed by atoms with Crippen molar-refractivity contribution in [1.82, 2.24) is 10.2 Å². The first-order chi connectivity index (χ1) is 13.9. The first-order valence-corrected chi connectivity index (χ1v) is 10.5. The van der Waals surface area contributed by atoms with Gasteiger partial charge in [-0.25, -0.2) is 9.59 Å². The Labute approximate surface area is 178 Å². The van der Waals surface area contributed by atoms with Gasteiger partial charge in [0.2, 0.25) is 5.91 Å². The van der Waals surface area contributed by atoms with Crippen molar-refractivity contribution >= 4 is 18.0 Å². The monoisotopic (exact) mass is 418 g/mol. The van der Waals surface area contributed by atoms with Gasteiger partial charge in [-0.15, -0.1) is 0 Å². The number of carboxylic acids is 1. The molecule has 166 valence electrons. The van der Waals surface area contributed by atoms with Crippen LogP contribution in [0.4, 0.5) is 4.79 Å². The summed E-state index contributed by atoms with van der Waals surface area (Å²) in [5.41, 5.74) is -0.640. The molecule has 2 amide bonds. The quantitative estimate of drug-likeness (QED) is 0.736. The number of hydrogen-bond acceptors (Lipinski definition) is 4. The van der Waals surface area contributed by atoms with Gasteiger partial charge in [0.05, 0.1) is 5.41 Å². The number of nitrogens with one attached hydrogen (secondary N) is 1. The number of rotatable bonds is 6. The summed E-state index contributed by atoms with van der Waals surface area (Å²) < 4.78 is 5.46. The Morgan fingerprint density at radius 2 is 1.70 bits per heavy atom. The third-order valence-corrected chi connectivity index (χ3v) is 5.34. The fourth-order valence-corrected chi connectivity index (χ4v) is 3.79. The highest BCUT2D eigenvalue weighted by Crippen LogP contribution is 2.36. The van der Waals surface area contributed by atoms with Crippen molar-refractivity contribution in [2.24, 2.45) is 5.92 Å². The third-order valence-electron chi connectivity index (χ3n) is 5.34. The Balaban J connectivity index is 2.24. The van der Waals surface area contributed by atoms with E-state index in [0.717, 1.165) is 5.56 Å². The van der Waals surface area contributed by atoms with Gasteiger partial charge in [-0.3, -0.25) is 4.79 Å². The van der Waals surface area contributed by atoms with Crippen molar-refractivity contribution < 1.29 is 24.2 Å². The summed E-state index contributed by atoms with van der Waals surface area (Å²) >= 11 is 0. The van der Waals surface area contributed by atoms with Crippen LogP contribution in [0.1, 0.15) is 59.4 Å². The molecule has 1 heterocycles. The van der Waals surface area contributed by atoms with E-state index in [0.29, 0.717) is 32.4 Å². The zero-order valence-electron chi connectivity index (χ0n) is 18.6. The maximum Gasteiger partial charge on any atom is 0.410 e. The molecule has 0 unspecified atom stereocenters. The SMILES string of the molecule is CC(C)C[C@H](NC(=O)C1(c2ccccc2)CCN(C(=O)OC(C)(C)C)CC1)C(=O)O. The largest absolute Gasteiger partial charge is 0.480 e. The lowest BCUT2D eigenvalue weighted by Crippen LogP contribution is -2.56. The zero-order chi connectivity index (χ0) is 22.5. The number of ether oxygens (including phenoxy) is 1. The van der Waals surface area contributed by atoms with Crippen LogP contribution in [0.5, 0.6) is 0 Å². The van der Waals surface area contributed by atoms with Crippen LogP contribution in [-0.2, 0) is 19.7 Å². The highest BCUT2D eigenvalue weighted by atomic mass is 16.6. The molecule has 7 nitrogen and oxygen atoms in total. The number of carboxylic acid groups (broad SMARTS) is 1. The highest BCUT2D eigenvalue weighted by Gasteiger charge is 2.45. The van der Waals surface area contributed by atoms with Gasteiger partial charge in [0, 0.05) is 13.1 Å².